The van der Waals surface area contributed by atoms with E-state index in [2.05, 4.69) is 0 Å². The number of Topliss-reactive ketones (excluding diaryl/α,β-unsaturated/α-hetero) is 1. The van der Waals surface area contributed by atoms with Crippen molar-refractivity contribution in [1.29, 1.82) is 0 Å². The van der Waals surface area contributed by atoms with Gasteiger partial charge in [0.15, 0.2) is 6.61 Å². The van der Waals surface area contributed by atoms with Crippen LogP contribution in [0.15, 0.2) is 41.2 Å². The van der Waals surface area contributed by atoms with E-state index in [4.69, 9.17) is 4.74 Å². The number of aromatic nitrogens is 3. The highest BCUT2D eigenvalue weighted by molar-refractivity contribution is 5.99. The molecule has 7 nitrogen and oxygen atoms in total. The summed E-state index contributed by atoms with van der Waals surface area (Å²) in [5, 5.41) is 0. The number of hydrogen-bond donors (Lipinski definition) is 0. The largest absolute Gasteiger partial charge is 0.457 e. The minimum atomic E-state index is -0.304. The Labute approximate surface area is 174 Å². The van der Waals surface area contributed by atoms with Crippen molar-refractivity contribution in [1.82, 2.24) is 13.9 Å². The highest BCUT2D eigenvalue weighted by Crippen LogP contribution is 2.30. The van der Waals surface area contributed by atoms with Gasteiger partial charge in [0.2, 0.25) is 5.78 Å². The second-order valence-corrected chi connectivity index (χ2v) is 7.84. The van der Waals surface area contributed by atoms with Gasteiger partial charge in [0, 0.05) is 24.0 Å². The van der Waals surface area contributed by atoms with E-state index in [1.165, 1.54) is 0 Å². The Morgan fingerprint density at radius 2 is 1.73 bits per heavy atom. The van der Waals surface area contributed by atoms with E-state index < -0.39 is 0 Å². The van der Waals surface area contributed by atoms with Gasteiger partial charge in [0.05, 0.1) is 17.3 Å². The van der Waals surface area contributed by atoms with E-state index >= 15 is 0 Å². The Morgan fingerprint density at radius 3 is 2.37 bits per heavy atom. The van der Waals surface area contributed by atoms with Gasteiger partial charge in [-0.1, -0.05) is 18.2 Å². The standard InChI is InChI=1S/C23H25N3O4/c1-14-12-19(20(27)13-30-23(29)17-10-11-17)15(2)25(14)21-16(3)24(4)26(22(21)28)18-8-6-5-7-9-18/h5-9,12,17H,10-11,13H2,1-4H3. The fourth-order valence-corrected chi connectivity index (χ4v) is 3.85. The first-order chi connectivity index (χ1) is 14.3. The normalized spacial score (nSPS) is 13.5. The molecule has 1 aliphatic rings. The zero-order valence-corrected chi connectivity index (χ0v) is 17.6. The zero-order valence-electron chi connectivity index (χ0n) is 17.6. The summed E-state index contributed by atoms with van der Waals surface area (Å²) in [5.74, 6) is -0.615. The molecule has 30 heavy (non-hydrogen) atoms. The third-order valence-electron chi connectivity index (χ3n) is 5.74. The van der Waals surface area contributed by atoms with Crippen molar-refractivity contribution in [3.63, 3.8) is 0 Å². The summed E-state index contributed by atoms with van der Waals surface area (Å²) < 4.78 is 10.4. The molecule has 7 heteroatoms. The lowest BCUT2D eigenvalue weighted by Crippen LogP contribution is -2.22. The molecular weight excluding hydrogens is 382 g/mol. The van der Waals surface area contributed by atoms with Gasteiger partial charge in [0.25, 0.3) is 5.56 Å². The minimum Gasteiger partial charge on any atom is -0.457 e. The molecule has 4 rings (SSSR count). The Bertz CT molecular complexity index is 1190. The number of ether oxygens (including phenoxy) is 1. The maximum Gasteiger partial charge on any atom is 0.309 e. The maximum atomic E-state index is 13.4. The molecule has 0 atom stereocenters. The fraction of sp³-hybridized carbons (Fsp3) is 0.348. The molecule has 0 N–H and O–H groups in total. The predicted molar refractivity (Wildman–Crippen MR) is 113 cm³/mol. The van der Waals surface area contributed by atoms with Crippen molar-refractivity contribution >= 4 is 11.8 Å². The van der Waals surface area contributed by atoms with Crippen LogP contribution in [0.4, 0.5) is 0 Å². The molecule has 2 heterocycles. The summed E-state index contributed by atoms with van der Waals surface area (Å²) in [6, 6.07) is 11.2. The lowest BCUT2D eigenvalue weighted by Gasteiger charge is -2.09. The van der Waals surface area contributed by atoms with Crippen LogP contribution in [0, 0.1) is 26.7 Å². The van der Waals surface area contributed by atoms with E-state index in [0.717, 1.165) is 29.9 Å². The van der Waals surface area contributed by atoms with Crippen molar-refractivity contribution < 1.29 is 14.3 Å². The van der Waals surface area contributed by atoms with Gasteiger partial charge in [-0.2, -0.15) is 0 Å². The quantitative estimate of drug-likeness (QED) is 0.465. The Hall–Kier alpha value is -3.35. The molecule has 0 bridgehead atoms. The van der Waals surface area contributed by atoms with E-state index in [-0.39, 0.29) is 29.8 Å². The molecule has 0 amide bonds. The van der Waals surface area contributed by atoms with Crippen molar-refractivity contribution in [3.05, 3.63) is 69.4 Å². The smallest absolute Gasteiger partial charge is 0.309 e. The van der Waals surface area contributed by atoms with Crippen LogP contribution in [-0.4, -0.2) is 32.3 Å². The molecule has 0 spiro atoms. The summed E-state index contributed by atoms with van der Waals surface area (Å²) in [4.78, 5) is 37.8. The zero-order chi connectivity index (χ0) is 21.6. The molecule has 1 fully saturated rings. The topological polar surface area (TPSA) is 75.2 Å². The van der Waals surface area contributed by atoms with Crippen LogP contribution in [-0.2, 0) is 16.6 Å². The van der Waals surface area contributed by atoms with Gasteiger partial charge in [-0.05, 0) is 51.8 Å². The van der Waals surface area contributed by atoms with Crippen molar-refractivity contribution in [2.45, 2.75) is 33.6 Å². The molecule has 0 saturated heterocycles. The number of para-hydroxylation sites is 1. The SMILES string of the molecule is Cc1cc(C(=O)COC(=O)C2CC2)c(C)n1-c1c(C)n(C)n(-c2ccccc2)c1=O. The predicted octanol–water partition coefficient (Wildman–Crippen LogP) is 3.03. The van der Waals surface area contributed by atoms with Crippen LogP contribution in [0.3, 0.4) is 0 Å². The lowest BCUT2D eigenvalue weighted by atomic mass is 10.1. The first-order valence-corrected chi connectivity index (χ1v) is 10.0. The third-order valence-corrected chi connectivity index (χ3v) is 5.74. The highest BCUT2D eigenvalue weighted by atomic mass is 16.5. The van der Waals surface area contributed by atoms with Gasteiger partial charge >= 0.3 is 5.97 Å². The lowest BCUT2D eigenvalue weighted by molar-refractivity contribution is -0.144. The van der Waals surface area contributed by atoms with Gasteiger partial charge in [-0.15, -0.1) is 0 Å². The van der Waals surface area contributed by atoms with Crippen LogP contribution < -0.4 is 5.56 Å². The van der Waals surface area contributed by atoms with Crippen LogP contribution in [0.25, 0.3) is 11.4 Å². The van der Waals surface area contributed by atoms with Crippen LogP contribution in [0.1, 0.15) is 40.3 Å². The second-order valence-electron chi connectivity index (χ2n) is 7.84. The third kappa shape index (κ3) is 3.30. The average Bonchev–Trinajstić information content (AvgIpc) is 3.51. The summed E-state index contributed by atoms with van der Waals surface area (Å²) in [5.41, 5.74) is 3.79. The molecule has 1 aliphatic carbocycles. The van der Waals surface area contributed by atoms with Crippen molar-refractivity contribution in [2.75, 3.05) is 6.61 Å². The first kappa shape index (κ1) is 19.9. The number of rotatable bonds is 6. The number of carbonyl (C=O) groups is 2. The Kier molecular flexibility index (Phi) is 4.97. The van der Waals surface area contributed by atoms with E-state index in [9.17, 15) is 14.4 Å². The Balaban J connectivity index is 1.73. The van der Waals surface area contributed by atoms with E-state index in [1.54, 1.807) is 10.7 Å². The average molecular weight is 407 g/mol. The summed E-state index contributed by atoms with van der Waals surface area (Å²) in [7, 11) is 1.84. The summed E-state index contributed by atoms with van der Waals surface area (Å²) in [6.07, 6.45) is 1.67. The van der Waals surface area contributed by atoms with E-state index in [1.807, 2.05) is 67.4 Å². The monoisotopic (exact) mass is 407 g/mol. The number of hydrogen-bond acceptors (Lipinski definition) is 4. The second kappa shape index (κ2) is 7.48. The molecule has 0 radical (unpaired) electrons. The Morgan fingerprint density at radius 1 is 1.07 bits per heavy atom. The van der Waals surface area contributed by atoms with Crippen LogP contribution >= 0.6 is 0 Å². The van der Waals surface area contributed by atoms with E-state index in [0.29, 0.717) is 16.9 Å². The minimum absolute atomic E-state index is 0.0475. The molecule has 0 aliphatic heterocycles. The molecule has 3 aromatic rings. The molecule has 0 unspecified atom stereocenters. The number of nitrogens with zero attached hydrogens (tertiary/aromatic N) is 3. The first-order valence-electron chi connectivity index (χ1n) is 10.0. The number of benzene rings is 1. The molecule has 1 aromatic carbocycles. The van der Waals surface area contributed by atoms with Crippen LogP contribution in [0.2, 0.25) is 0 Å². The molecule has 156 valence electrons. The highest BCUT2D eigenvalue weighted by Gasteiger charge is 2.32. The van der Waals surface area contributed by atoms with Gasteiger partial charge in [-0.3, -0.25) is 19.1 Å². The maximum absolute atomic E-state index is 13.4. The van der Waals surface area contributed by atoms with Crippen LogP contribution in [0.5, 0.6) is 0 Å². The summed E-state index contributed by atoms with van der Waals surface area (Å²) >= 11 is 0. The number of esters is 1. The molecule has 1 saturated carbocycles. The van der Waals surface area contributed by atoms with Crippen molar-refractivity contribution in [2.24, 2.45) is 13.0 Å². The number of carbonyl (C=O) groups excluding carboxylic acids is 2. The van der Waals surface area contributed by atoms with Gasteiger partial charge < -0.3 is 9.30 Å². The number of aryl methyl sites for hydroxylation is 1. The van der Waals surface area contributed by atoms with Gasteiger partial charge in [0.1, 0.15) is 5.69 Å². The molecule has 2 aromatic heterocycles. The summed E-state index contributed by atoms with van der Waals surface area (Å²) in [6.45, 7) is 5.27. The number of ketones is 1. The van der Waals surface area contributed by atoms with Crippen molar-refractivity contribution in [3.8, 4) is 11.4 Å². The van der Waals surface area contributed by atoms with Gasteiger partial charge in [-0.25, -0.2) is 4.68 Å². The molecular formula is C23H25N3O4. The fourth-order valence-electron chi connectivity index (χ4n) is 3.85.